The Bertz CT molecular complexity index is 868. The molecule has 29 heavy (non-hydrogen) atoms. The van der Waals surface area contributed by atoms with E-state index in [2.05, 4.69) is 10.6 Å². The molecule has 0 bridgehead atoms. The first-order valence-corrected chi connectivity index (χ1v) is 9.38. The maximum absolute atomic E-state index is 12.9. The number of fused-ring (bicyclic) bond motifs is 1. The number of piperidine rings is 1. The largest absolute Gasteiger partial charge is 0.483 e. The summed E-state index contributed by atoms with van der Waals surface area (Å²) >= 11 is 0. The lowest BCUT2D eigenvalue weighted by Crippen LogP contribution is -2.54. The molecule has 1 aromatic carbocycles. The van der Waals surface area contributed by atoms with Gasteiger partial charge in [0, 0.05) is 13.0 Å². The molecule has 2 heterocycles. The molecule has 1 saturated heterocycles. The summed E-state index contributed by atoms with van der Waals surface area (Å²) in [6.45, 7) is 0.689. The number of benzene rings is 1. The van der Waals surface area contributed by atoms with E-state index >= 15 is 0 Å². The molecule has 0 saturated carbocycles. The van der Waals surface area contributed by atoms with Crippen LogP contribution in [0.5, 0.6) is 5.75 Å². The van der Waals surface area contributed by atoms with E-state index in [1.54, 1.807) is 0 Å². The van der Waals surface area contributed by atoms with Gasteiger partial charge in [-0.3, -0.25) is 34.2 Å². The predicted molar refractivity (Wildman–Crippen MR) is 99.9 cm³/mol. The number of nitrogens with zero attached hydrogens (tertiary/aromatic N) is 1. The van der Waals surface area contributed by atoms with Crippen molar-refractivity contribution in [3.8, 4) is 5.75 Å². The molecule has 0 radical (unpaired) electrons. The molecule has 1 atom stereocenters. The predicted octanol–water partition coefficient (Wildman–Crippen LogP) is -0.678. The fourth-order valence-electron chi connectivity index (χ4n) is 3.30. The lowest BCUT2D eigenvalue weighted by Gasteiger charge is -2.27. The van der Waals surface area contributed by atoms with Crippen LogP contribution >= 0.6 is 0 Å². The van der Waals surface area contributed by atoms with Crippen molar-refractivity contribution in [1.29, 1.82) is 0 Å². The van der Waals surface area contributed by atoms with Crippen molar-refractivity contribution in [2.45, 2.75) is 31.7 Å². The van der Waals surface area contributed by atoms with E-state index in [0.717, 1.165) is 17.7 Å². The van der Waals surface area contributed by atoms with Gasteiger partial charge in [-0.05, 0) is 37.9 Å². The Morgan fingerprint density at radius 1 is 1.21 bits per heavy atom. The van der Waals surface area contributed by atoms with Gasteiger partial charge in [0.15, 0.2) is 6.61 Å². The lowest BCUT2D eigenvalue weighted by molar-refractivity contribution is -0.136. The van der Waals surface area contributed by atoms with Crippen LogP contribution in [0.3, 0.4) is 0 Å². The Morgan fingerprint density at radius 3 is 2.72 bits per heavy atom. The number of nitrogens with two attached hydrogens (primary N) is 1. The van der Waals surface area contributed by atoms with E-state index in [0.29, 0.717) is 13.1 Å². The number of carbonyl (C=O) groups is 5. The number of unbranched alkanes of at least 4 members (excludes halogenated alkanes) is 1. The third-order valence-corrected chi connectivity index (χ3v) is 4.74. The van der Waals surface area contributed by atoms with Gasteiger partial charge in [0.1, 0.15) is 11.8 Å². The van der Waals surface area contributed by atoms with Gasteiger partial charge in [0.2, 0.25) is 11.8 Å². The molecular weight excluding hydrogens is 380 g/mol. The molecule has 10 heteroatoms. The number of carbonyl (C=O) groups excluding carboxylic acids is 5. The minimum Gasteiger partial charge on any atom is -0.483 e. The Balaban J connectivity index is 1.71. The maximum atomic E-state index is 12.9. The van der Waals surface area contributed by atoms with Gasteiger partial charge >= 0.3 is 0 Å². The first-order chi connectivity index (χ1) is 13.9. The van der Waals surface area contributed by atoms with Crippen LogP contribution in [0.25, 0.3) is 0 Å². The number of ether oxygens (including phenoxy) is 1. The summed E-state index contributed by atoms with van der Waals surface area (Å²) in [7, 11) is 0. The molecule has 0 spiro atoms. The summed E-state index contributed by atoms with van der Waals surface area (Å²) in [6, 6.07) is 3.42. The van der Waals surface area contributed by atoms with Crippen molar-refractivity contribution in [2.75, 3.05) is 19.7 Å². The molecule has 10 nitrogen and oxygen atoms in total. The van der Waals surface area contributed by atoms with Crippen molar-refractivity contribution in [1.82, 2.24) is 15.5 Å². The SMILES string of the molecule is NCCCCNC(=O)COc1cccc2c1C(=O)N(C1CCC(=O)NC1=O)C2=O. The minimum atomic E-state index is -1.06. The summed E-state index contributed by atoms with van der Waals surface area (Å²) < 4.78 is 5.47. The molecule has 0 aliphatic carbocycles. The van der Waals surface area contributed by atoms with E-state index in [1.165, 1.54) is 18.2 Å². The van der Waals surface area contributed by atoms with Crippen LogP contribution in [0.1, 0.15) is 46.4 Å². The van der Waals surface area contributed by atoms with Gasteiger partial charge in [-0.25, -0.2) is 0 Å². The van der Waals surface area contributed by atoms with Crippen molar-refractivity contribution < 1.29 is 28.7 Å². The number of hydrogen-bond donors (Lipinski definition) is 3. The third-order valence-electron chi connectivity index (χ3n) is 4.74. The number of amides is 5. The topological polar surface area (TPSA) is 148 Å². The van der Waals surface area contributed by atoms with E-state index < -0.39 is 29.7 Å². The molecule has 1 unspecified atom stereocenters. The second-order valence-electron chi connectivity index (χ2n) is 6.76. The summed E-state index contributed by atoms with van der Waals surface area (Å²) in [5, 5.41) is 4.82. The Labute approximate surface area is 166 Å². The van der Waals surface area contributed by atoms with E-state index in [9.17, 15) is 24.0 Å². The van der Waals surface area contributed by atoms with E-state index in [-0.39, 0.29) is 42.2 Å². The van der Waals surface area contributed by atoms with Crippen LogP contribution in [0.4, 0.5) is 0 Å². The monoisotopic (exact) mass is 402 g/mol. The van der Waals surface area contributed by atoms with Crippen molar-refractivity contribution in [2.24, 2.45) is 5.73 Å². The maximum Gasteiger partial charge on any atom is 0.266 e. The fraction of sp³-hybridized carbons (Fsp3) is 0.421. The highest BCUT2D eigenvalue weighted by atomic mass is 16.5. The van der Waals surface area contributed by atoms with E-state index in [1.807, 2.05) is 0 Å². The molecule has 5 amide bonds. The van der Waals surface area contributed by atoms with Gasteiger partial charge in [-0.2, -0.15) is 0 Å². The third kappa shape index (κ3) is 4.27. The van der Waals surface area contributed by atoms with Crippen molar-refractivity contribution >= 4 is 29.5 Å². The summed E-state index contributed by atoms with van der Waals surface area (Å²) in [6.07, 6.45) is 1.64. The molecule has 3 rings (SSSR count). The van der Waals surface area contributed by atoms with Crippen molar-refractivity contribution in [3.05, 3.63) is 29.3 Å². The highest BCUT2D eigenvalue weighted by Gasteiger charge is 2.46. The average molecular weight is 402 g/mol. The van der Waals surface area contributed by atoms with Crippen LogP contribution in [0.2, 0.25) is 0 Å². The van der Waals surface area contributed by atoms with Crippen LogP contribution in [-0.2, 0) is 14.4 Å². The zero-order chi connectivity index (χ0) is 21.0. The van der Waals surface area contributed by atoms with Gasteiger partial charge < -0.3 is 15.8 Å². The Hall–Kier alpha value is -3.27. The molecule has 2 aliphatic heterocycles. The summed E-state index contributed by atoms with van der Waals surface area (Å²) in [5.41, 5.74) is 5.50. The summed E-state index contributed by atoms with van der Waals surface area (Å²) in [5.74, 6) is -2.71. The smallest absolute Gasteiger partial charge is 0.266 e. The minimum absolute atomic E-state index is 0.0122. The zero-order valence-corrected chi connectivity index (χ0v) is 15.7. The van der Waals surface area contributed by atoms with Crippen molar-refractivity contribution in [3.63, 3.8) is 0 Å². The highest BCUT2D eigenvalue weighted by molar-refractivity contribution is 6.24. The average Bonchev–Trinajstić information content (AvgIpc) is 2.95. The molecule has 2 aliphatic rings. The van der Waals surface area contributed by atoms with Crippen LogP contribution in [0, 0.1) is 0 Å². The van der Waals surface area contributed by atoms with Crippen LogP contribution < -0.4 is 21.1 Å². The molecule has 154 valence electrons. The zero-order valence-electron chi connectivity index (χ0n) is 15.7. The second-order valence-corrected chi connectivity index (χ2v) is 6.76. The molecule has 1 aromatic rings. The van der Waals surface area contributed by atoms with E-state index in [4.69, 9.17) is 10.5 Å². The van der Waals surface area contributed by atoms with Crippen LogP contribution in [-0.4, -0.2) is 60.2 Å². The molecule has 1 fully saturated rings. The van der Waals surface area contributed by atoms with Gasteiger partial charge in [0.25, 0.3) is 17.7 Å². The Kier molecular flexibility index (Phi) is 6.23. The standard InChI is InChI=1S/C19H22N4O6/c20-8-1-2-9-21-15(25)10-29-13-5-3-4-11-16(13)19(28)23(18(11)27)12-6-7-14(24)22-17(12)26/h3-5,12H,1-2,6-10,20H2,(H,21,25)(H,22,24,26). The Morgan fingerprint density at radius 2 is 2.00 bits per heavy atom. The quantitative estimate of drug-likeness (QED) is 0.385. The first kappa shape index (κ1) is 20.5. The number of nitrogens with one attached hydrogen (secondary N) is 2. The lowest BCUT2D eigenvalue weighted by atomic mass is 10.0. The summed E-state index contributed by atoms with van der Waals surface area (Å²) in [4.78, 5) is 61.8. The van der Waals surface area contributed by atoms with Crippen LogP contribution in [0.15, 0.2) is 18.2 Å². The number of hydrogen-bond acceptors (Lipinski definition) is 7. The number of imide groups is 2. The highest BCUT2D eigenvalue weighted by Crippen LogP contribution is 2.33. The van der Waals surface area contributed by atoms with Gasteiger partial charge in [0.05, 0.1) is 11.1 Å². The number of rotatable bonds is 8. The molecule has 0 aromatic heterocycles. The normalized spacial score (nSPS) is 18.5. The molecular formula is C19H22N4O6. The first-order valence-electron chi connectivity index (χ1n) is 9.38. The molecule has 4 N–H and O–H groups in total. The second kappa shape index (κ2) is 8.82. The van der Waals surface area contributed by atoms with Gasteiger partial charge in [-0.1, -0.05) is 6.07 Å². The van der Waals surface area contributed by atoms with Gasteiger partial charge in [-0.15, -0.1) is 0 Å². The fourth-order valence-corrected chi connectivity index (χ4v) is 3.30.